The van der Waals surface area contributed by atoms with E-state index in [9.17, 15) is 4.79 Å². The van der Waals surface area contributed by atoms with Gasteiger partial charge in [0.15, 0.2) is 0 Å². The molecule has 6 heteroatoms. The second-order valence-electron chi connectivity index (χ2n) is 5.12. The minimum Gasteiger partial charge on any atom is -0.493 e. The third-order valence-corrected chi connectivity index (χ3v) is 3.61. The molecule has 24 heavy (non-hydrogen) atoms. The van der Waals surface area contributed by atoms with Crippen molar-refractivity contribution in [2.24, 2.45) is 0 Å². The quantitative estimate of drug-likeness (QED) is 0.434. The molecule has 0 spiro atoms. The molecule has 0 aliphatic rings. The van der Waals surface area contributed by atoms with Crippen LogP contribution in [0.2, 0.25) is 0 Å². The molecule has 4 nitrogen and oxygen atoms in total. The van der Waals surface area contributed by atoms with E-state index in [2.05, 4.69) is 13.8 Å². The number of halogens is 2. The van der Waals surface area contributed by atoms with Crippen molar-refractivity contribution < 1.29 is 19.0 Å². The van der Waals surface area contributed by atoms with Crippen LogP contribution in [-0.4, -0.2) is 25.8 Å². The maximum atomic E-state index is 10.7. The van der Waals surface area contributed by atoms with Crippen LogP contribution in [0.25, 0.3) is 0 Å². The van der Waals surface area contributed by atoms with Crippen LogP contribution in [0.1, 0.15) is 38.3 Å². The Morgan fingerprint density at radius 1 is 1.08 bits per heavy atom. The third kappa shape index (κ3) is 7.45. The molecule has 0 aliphatic carbocycles. The van der Waals surface area contributed by atoms with Crippen molar-refractivity contribution in [2.45, 2.75) is 40.0 Å². The molecular formula is C18H24Cl2O4. The molecule has 0 saturated heterocycles. The van der Waals surface area contributed by atoms with Gasteiger partial charge in [-0.1, -0.05) is 37.0 Å². The smallest absolute Gasteiger partial charge is 0.302 e. The minimum absolute atomic E-state index is 0.189. The van der Waals surface area contributed by atoms with E-state index < -0.39 is 0 Å². The molecule has 0 N–H and O–H groups in total. The molecule has 134 valence electrons. The first kappa shape index (κ1) is 20.7. The Labute approximate surface area is 153 Å². The van der Waals surface area contributed by atoms with E-state index in [1.807, 2.05) is 12.1 Å². The number of hydrogen-bond donors (Lipinski definition) is 0. The van der Waals surface area contributed by atoms with Crippen molar-refractivity contribution >= 4 is 29.2 Å². The van der Waals surface area contributed by atoms with E-state index in [1.54, 1.807) is 6.08 Å². The monoisotopic (exact) mass is 374 g/mol. The Morgan fingerprint density at radius 2 is 1.71 bits per heavy atom. The number of esters is 1. The number of benzene rings is 1. The molecule has 0 radical (unpaired) electrons. The topological polar surface area (TPSA) is 44.8 Å². The van der Waals surface area contributed by atoms with Crippen molar-refractivity contribution in [3.05, 3.63) is 33.8 Å². The van der Waals surface area contributed by atoms with Gasteiger partial charge >= 0.3 is 5.97 Å². The Bertz CT molecular complexity index is 541. The lowest BCUT2D eigenvalue weighted by molar-refractivity contribution is -0.141. The summed E-state index contributed by atoms with van der Waals surface area (Å²) < 4.78 is 16.7. The highest BCUT2D eigenvalue weighted by Gasteiger charge is 2.11. The highest BCUT2D eigenvalue weighted by molar-refractivity contribution is 6.55. The summed E-state index contributed by atoms with van der Waals surface area (Å²) in [4.78, 5) is 10.7. The van der Waals surface area contributed by atoms with Gasteiger partial charge in [0.2, 0.25) is 0 Å². The van der Waals surface area contributed by atoms with Crippen LogP contribution in [-0.2, 0) is 22.4 Å². The van der Waals surface area contributed by atoms with Gasteiger partial charge in [0, 0.05) is 13.3 Å². The molecule has 1 aromatic carbocycles. The average Bonchev–Trinajstić information content (AvgIpc) is 2.54. The standard InChI is InChI=1S/C18H24Cl2O4/c1-4-14-11-16(23-10-7-17(19)20)12-15(5-2)18(14)24-9-6-8-22-13(3)21/h7,11-12H,4-6,8-10H2,1-3H3. The summed E-state index contributed by atoms with van der Waals surface area (Å²) in [5.74, 6) is 1.38. The zero-order valence-electron chi connectivity index (χ0n) is 14.4. The molecule has 0 unspecified atom stereocenters. The van der Waals surface area contributed by atoms with Gasteiger partial charge in [0.1, 0.15) is 22.6 Å². The zero-order chi connectivity index (χ0) is 17.9. The summed E-state index contributed by atoms with van der Waals surface area (Å²) in [5, 5.41) is 0. The first-order valence-corrected chi connectivity index (χ1v) is 8.79. The highest BCUT2D eigenvalue weighted by Crippen LogP contribution is 2.31. The number of aryl methyl sites for hydroxylation is 2. The van der Waals surface area contributed by atoms with E-state index in [1.165, 1.54) is 6.92 Å². The summed E-state index contributed by atoms with van der Waals surface area (Å²) in [6.45, 7) is 6.72. The van der Waals surface area contributed by atoms with E-state index in [0.717, 1.165) is 35.5 Å². The van der Waals surface area contributed by atoms with E-state index in [0.29, 0.717) is 26.2 Å². The van der Waals surface area contributed by atoms with Crippen LogP contribution < -0.4 is 9.47 Å². The number of carbonyl (C=O) groups is 1. The van der Waals surface area contributed by atoms with Crippen LogP contribution in [0, 0.1) is 0 Å². The molecule has 0 aliphatic heterocycles. The fraction of sp³-hybridized carbons (Fsp3) is 0.500. The predicted molar refractivity (Wildman–Crippen MR) is 97.2 cm³/mol. The van der Waals surface area contributed by atoms with Crippen molar-refractivity contribution in [1.29, 1.82) is 0 Å². The summed E-state index contributed by atoms with van der Waals surface area (Å²) in [6, 6.07) is 3.94. The van der Waals surface area contributed by atoms with Gasteiger partial charge in [-0.25, -0.2) is 0 Å². The normalized spacial score (nSPS) is 10.2. The number of hydrogen-bond acceptors (Lipinski definition) is 4. The Balaban J connectivity index is 2.76. The van der Waals surface area contributed by atoms with Gasteiger partial charge < -0.3 is 14.2 Å². The lowest BCUT2D eigenvalue weighted by Crippen LogP contribution is -2.08. The first-order valence-electron chi connectivity index (χ1n) is 8.03. The van der Waals surface area contributed by atoms with E-state index >= 15 is 0 Å². The molecule has 0 heterocycles. The summed E-state index contributed by atoms with van der Waals surface area (Å²) in [7, 11) is 0. The largest absolute Gasteiger partial charge is 0.493 e. The summed E-state index contributed by atoms with van der Waals surface area (Å²) >= 11 is 11.2. The maximum absolute atomic E-state index is 10.7. The third-order valence-electron chi connectivity index (χ3n) is 3.31. The second-order valence-corrected chi connectivity index (χ2v) is 6.13. The maximum Gasteiger partial charge on any atom is 0.302 e. The predicted octanol–water partition coefficient (Wildman–Crippen LogP) is 4.84. The van der Waals surface area contributed by atoms with E-state index in [-0.39, 0.29) is 10.5 Å². The van der Waals surface area contributed by atoms with Crippen molar-refractivity contribution in [3.8, 4) is 11.5 Å². The van der Waals surface area contributed by atoms with Crippen LogP contribution in [0.5, 0.6) is 11.5 Å². The Kier molecular flexibility index (Phi) is 9.65. The molecule has 0 aromatic heterocycles. The lowest BCUT2D eigenvalue weighted by atomic mass is 10.0. The SMILES string of the molecule is CCc1cc(OCC=C(Cl)Cl)cc(CC)c1OCCCOC(C)=O. The average molecular weight is 375 g/mol. The molecule has 0 saturated carbocycles. The van der Waals surface area contributed by atoms with Gasteiger partial charge in [-0.15, -0.1) is 0 Å². The van der Waals surface area contributed by atoms with Crippen LogP contribution in [0.4, 0.5) is 0 Å². The van der Waals surface area contributed by atoms with Crippen molar-refractivity contribution in [2.75, 3.05) is 19.8 Å². The highest BCUT2D eigenvalue weighted by atomic mass is 35.5. The summed E-state index contributed by atoms with van der Waals surface area (Å²) in [5.41, 5.74) is 2.16. The van der Waals surface area contributed by atoms with Crippen molar-refractivity contribution in [3.63, 3.8) is 0 Å². The first-order chi connectivity index (χ1) is 11.5. The van der Waals surface area contributed by atoms with Gasteiger partial charge in [0.05, 0.1) is 13.2 Å². The Morgan fingerprint density at radius 3 is 2.21 bits per heavy atom. The van der Waals surface area contributed by atoms with Crippen LogP contribution >= 0.6 is 23.2 Å². The van der Waals surface area contributed by atoms with Crippen molar-refractivity contribution in [1.82, 2.24) is 0 Å². The Hall–Kier alpha value is -1.39. The molecule has 0 bridgehead atoms. The number of carbonyl (C=O) groups excluding carboxylic acids is 1. The molecule has 1 aromatic rings. The molecular weight excluding hydrogens is 351 g/mol. The van der Waals surface area contributed by atoms with E-state index in [4.69, 9.17) is 37.4 Å². The zero-order valence-corrected chi connectivity index (χ0v) is 15.9. The van der Waals surface area contributed by atoms with Gasteiger partial charge in [-0.3, -0.25) is 4.79 Å². The van der Waals surface area contributed by atoms with Crippen LogP contribution in [0.15, 0.2) is 22.7 Å². The van der Waals surface area contributed by atoms with Gasteiger partial charge in [0.25, 0.3) is 0 Å². The number of ether oxygens (including phenoxy) is 3. The second kappa shape index (κ2) is 11.2. The van der Waals surface area contributed by atoms with Gasteiger partial charge in [-0.2, -0.15) is 0 Å². The fourth-order valence-corrected chi connectivity index (χ4v) is 2.29. The van der Waals surface area contributed by atoms with Crippen LogP contribution in [0.3, 0.4) is 0 Å². The minimum atomic E-state index is -0.272. The molecule has 0 atom stereocenters. The molecule has 0 fully saturated rings. The molecule has 0 amide bonds. The fourth-order valence-electron chi connectivity index (χ4n) is 2.17. The number of rotatable bonds is 10. The lowest BCUT2D eigenvalue weighted by Gasteiger charge is -2.17. The summed E-state index contributed by atoms with van der Waals surface area (Å²) in [6.07, 6.45) is 3.91. The van der Waals surface area contributed by atoms with Gasteiger partial charge in [-0.05, 0) is 42.2 Å². The molecule has 1 rings (SSSR count).